The van der Waals surface area contributed by atoms with Gasteiger partial charge in [-0.15, -0.1) is 11.3 Å². The molecular formula is C12H18ClN3S. The summed E-state index contributed by atoms with van der Waals surface area (Å²) >= 11 is 7.57. The molecule has 2 aliphatic heterocycles. The Labute approximate surface area is 111 Å². The van der Waals surface area contributed by atoms with Gasteiger partial charge in [0.05, 0.1) is 0 Å². The monoisotopic (exact) mass is 271 g/mol. The van der Waals surface area contributed by atoms with E-state index < -0.39 is 0 Å². The van der Waals surface area contributed by atoms with Gasteiger partial charge in [-0.05, 0) is 38.8 Å². The number of likely N-dealkylation sites (tertiary alicyclic amines) is 1. The van der Waals surface area contributed by atoms with Crippen molar-refractivity contribution in [3.63, 3.8) is 0 Å². The Morgan fingerprint density at radius 2 is 2.29 bits per heavy atom. The molecule has 0 N–H and O–H groups in total. The normalized spacial score (nSPS) is 30.4. The van der Waals surface area contributed by atoms with Gasteiger partial charge in [0.25, 0.3) is 0 Å². The maximum absolute atomic E-state index is 5.90. The number of rotatable bonds is 1. The Hall–Kier alpha value is -0.320. The molecule has 0 aromatic carbocycles. The van der Waals surface area contributed by atoms with E-state index in [1.807, 2.05) is 5.38 Å². The van der Waals surface area contributed by atoms with Crippen LogP contribution in [0.3, 0.4) is 0 Å². The Bertz CT molecular complexity index is 395. The summed E-state index contributed by atoms with van der Waals surface area (Å²) in [6.07, 6.45) is 3.97. The molecule has 0 radical (unpaired) electrons. The molecule has 17 heavy (non-hydrogen) atoms. The quantitative estimate of drug-likeness (QED) is 0.783. The van der Waals surface area contributed by atoms with Crippen LogP contribution in [0, 0.1) is 5.92 Å². The fourth-order valence-electron chi connectivity index (χ4n) is 3.22. The van der Waals surface area contributed by atoms with Gasteiger partial charge in [0, 0.05) is 24.5 Å². The summed E-state index contributed by atoms with van der Waals surface area (Å²) < 4.78 is 0. The van der Waals surface area contributed by atoms with Crippen molar-refractivity contribution < 1.29 is 0 Å². The fraction of sp³-hybridized carbons (Fsp3) is 0.750. The molecular weight excluding hydrogens is 254 g/mol. The first kappa shape index (κ1) is 11.8. The lowest BCUT2D eigenvalue weighted by Crippen LogP contribution is -2.52. The molecule has 94 valence electrons. The van der Waals surface area contributed by atoms with Crippen LogP contribution in [0.4, 0.5) is 5.13 Å². The number of hydrogen-bond acceptors (Lipinski definition) is 4. The zero-order chi connectivity index (χ0) is 11.8. The highest BCUT2D eigenvalue weighted by atomic mass is 35.5. The first-order chi connectivity index (χ1) is 8.24. The molecule has 3 heterocycles. The second-order valence-electron chi connectivity index (χ2n) is 5.14. The summed E-state index contributed by atoms with van der Waals surface area (Å²) in [5, 5.41) is 3.66. The van der Waals surface area contributed by atoms with E-state index in [-0.39, 0.29) is 0 Å². The largest absolute Gasteiger partial charge is 0.348 e. The molecule has 2 atom stereocenters. The van der Waals surface area contributed by atoms with Crippen molar-refractivity contribution in [2.24, 2.45) is 5.92 Å². The lowest BCUT2D eigenvalue weighted by molar-refractivity contribution is 0.102. The van der Waals surface area contributed by atoms with Crippen LogP contribution >= 0.6 is 22.9 Å². The topological polar surface area (TPSA) is 19.4 Å². The van der Waals surface area contributed by atoms with E-state index in [2.05, 4.69) is 21.8 Å². The number of fused-ring (bicyclic) bond motifs is 1. The summed E-state index contributed by atoms with van der Waals surface area (Å²) in [6, 6.07) is 0.787. The number of halogens is 1. The molecule has 3 rings (SSSR count). The highest BCUT2D eigenvalue weighted by molar-refractivity contribution is 7.14. The van der Waals surface area contributed by atoms with Crippen LogP contribution in [-0.2, 0) is 0 Å². The minimum Gasteiger partial charge on any atom is -0.348 e. The van der Waals surface area contributed by atoms with Gasteiger partial charge in [-0.25, -0.2) is 4.98 Å². The van der Waals surface area contributed by atoms with Gasteiger partial charge in [-0.3, -0.25) is 0 Å². The highest BCUT2D eigenvalue weighted by Gasteiger charge is 2.34. The Balaban J connectivity index is 1.71. The zero-order valence-electron chi connectivity index (χ0n) is 10.1. The molecule has 2 aliphatic rings. The van der Waals surface area contributed by atoms with E-state index in [0.29, 0.717) is 5.15 Å². The van der Waals surface area contributed by atoms with E-state index >= 15 is 0 Å². The Morgan fingerprint density at radius 1 is 1.41 bits per heavy atom. The lowest BCUT2D eigenvalue weighted by atomic mass is 9.84. The Morgan fingerprint density at radius 3 is 3.06 bits per heavy atom. The molecule has 3 nitrogen and oxygen atoms in total. The number of anilines is 1. The van der Waals surface area contributed by atoms with Crippen LogP contribution in [0.1, 0.15) is 19.3 Å². The molecule has 0 amide bonds. The molecule has 1 aromatic heterocycles. The van der Waals surface area contributed by atoms with E-state index in [4.69, 9.17) is 11.6 Å². The maximum atomic E-state index is 5.90. The first-order valence-corrected chi connectivity index (χ1v) is 7.56. The summed E-state index contributed by atoms with van der Waals surface area (Å²) in [5.41, 5.74) is 0. The van der Waals surface area contributed by atoms with Gasteiger partial charge >= 0.3 is 0 Å². The molecule has 0 spiro atoms. The summed E-state index contributed by atoms with van der Waals surface area (Å²) in [5.74, 6) is 0.810. The summed E-state index contributed by atoms with van der Waals surface area (Å²) in [4.78, 5) is 9.34. The van der Waals surface area contributed by atoms with Crippen molar-refractivity contribution in [2.75, 3.05) is 31.6 Å². The molecule has 5 heteroatoms. The number of aromatic nitrogens is 1. The van der Waals surface area contributed by atoms with Crippen LogP contribution in [0.15, 0.2) is 5.38 Å². The van der Waals surface area contributed by atoms with Crippen molar-refractivity contribution in [2.45, 2.75) is 25.3 Å². The average molecular weight is 272 g/mol. The van der Waals surface area contributed by atoms with Crippen LogP contribution < -0.4 is 4.90 Å². The SMILES string of the molecule is CN1CCCC2CN(c3nc(Cl)cs3)CCC21. The molecule has 0 aliphatic carbocycles. The van der Waals surface area contributed by atoms with Gasteiger partial charge in [-0.1, -0.05) is 11.6 Å². The highest BCUT2D eigenvalue weighted by Crippen LogP contribution is 2.33. The van der Waals surface area contributed by atoms with E-state index in [0.717, 1.165) is 30.2 Å². The van der Waals surface area contributed by atoms with Crippen LogP contribution in [0.2, 0.25) is 5.15 Å². The van der Waals surface area contributed by atoms with Gasteiger partial charge in [0.15, 0.2) is 5.13 Å². The maximum Gasteiger partial charge on any atom is 0.186 e. The molecule has 2 saturated heterocycles. The Kier molecular flexibility index (Phi) is 3.28. The molecule has 2 unspecified atom stereocenters. The van der Waals surface area contributed by atoms with E-state index in [9.17, 15) is 0 Å². The molecule has 2 fully saturated rings. The lowest BCUT2D eigenvalue weighted by Gasteiger charge is -2.45. The second kappa shape index (κ2) is 4.75. The number of piperidine rings is 2. The molecule has 1 aromatic rings. The third kappa shape index (κ3) is 2.30. The van der Waals surface area contributed by atoms with Crippen molar-refractivity contribution in [1.82, 2.24) is 9.88 Å². The third-order valence-electron chi connectivity index (χ3n) is 4.08. The smallest absolute Gasteiger partial charge is 0.186 e. The first-order valence-electron chi connectivity index (χ1n) is 6.30. The van der Waals surface area contributed by atoms with E-state index in [1.165, 1.54) is 25.8 Å². The van der Waals surface area contributed by atoms with Gasteiger partial charge in [-0.2, -0.15) is 0 Å². The van der Waals surface area contributed by atoms with Gasteiger partial charge in [0.2, 0.25) is 0 Å². The number of nitrogens with zero attached hydrogens (tertiary/aromatic N) is 3. The minimum atomic E-state index is 0.632. The molecule has 0 saturated carbocycles. The van der Waals surface area contributed by atoms with Crippen LogP contribution in [0.5, 0.6) is 0 Å². The van der Waals surface area contributed by atoms with Crippen molar-refractivity contribution in [1.29, 1.82) is 0 Å². The summed E-state index contributed by atoms with van der Waals surface area (Å²) in [7, 11) is 2.27. The van der Waals surface area contributed by atoms with Crippen LogP contribution in [-0.4, -0.2) is 42.6 Å². The number of thiazole rings is 1. The van der Waals surface area contributed by atoms with Gasteiger partial charge < -0.3 is 9.80 Å². The van der Waals surface area contributed by atoms with Gasteiger partial charge in [0.1, 0.15) is 5.15 Å². The number of hydrogen-bond donors (Lipinski definition) is 0. The second-order valence-corrected chi connectivity index (χ2v) is 6.36. The van der Waals surface area contributed by atoms with Crippen LogP contribution in [0.25, 0.3) is 0 Å². The van der Waals surface area contributed by atoms with Crippen molar-refractivity contribution in [3.05, 3.63) is 10.5 Å². The fourth-order valence-corrected chi connectivity index (χ4v) is 4.20. The van der Waals surface area contributed by atoms with Crippen molar-refractivity contribution in [3.8, 4) is 0 Å². The standard InChI is InChI=1S/C12H18ClN3S/c1-15-5-2-3-9-7-16(6-4-10(9)15)12-14-11(13)8-17-12/h8-10H,2-7H2,1H3. The predicted molar refractivity (Wildman–Crippen MR) is 73.1 cm³/mol. The minimum absolute atomic E-state index is 0.632. The van der Waals surface area contributed by atoms with E-state index in [1.54, 1.807) is 11.3 Å². The zero-order valence-corrected chi connectivity index (χ0v) is 11.7. The summed E-state index contributed by atoms with van der Waals surface area (Å²) in [6.45, 7) is 3.54. The average Bonchev–Trinajstić information content (AvgIpc) is 2.76. The molecule has 0 bridgehead atoms. The third-order valence-corrected chi connectivity index (χ3v) is 5.30. The van der Waals surface area contributed by atoms with Crippen molar-refractivity contribution >= 4 is 28.1 Å². The predicted octanol–water partition coefficient (Wildman–Crippen LogP) is 2.72.